The molecule has 1 aromatic rings. The van der Waals surface area contributed by atoms with Crippen LogP contribution in [0.2, 0.25) is 0 Å². The molecule has 9 heteroatoms. The fourth-order valence-electron chi connectivity index (χ4n) is 1.37. The van der Waals surface area contributed by atoms with Gasteiger partial charge in [0.2, 0.25) is 0 Å². The number of nitro groups is 1. The molecule has 1 rings (SSSR count). The lowest BCUT2D eigenvalue weighted by atomic mass is 10.1. The van der Waals surface area contributed by atoms with Crippen molar-refractivity contribution >= 4 is 27.6 Å². The highest BCUT2D eigenvalue weighted by atomic mass is 32.2. The Labute approximate surface area is 120 Å². The van der Waals surface area contributed by atoms with Gasteiger partial charge in [-0.25, -0.2) is 13.2 Å². The van der Waals surface area contributed by atoms with Gasteiger partial charge in [-0.3, -0.25) is 10.1 Å². The van der Waals surface area contributed by atoms with Gasteiger partial charge >= 0.3 is 11.7 Å². The molecular weight excluding hydrogens is 302 g/mol. The molecule has 0 amide bonds. The number of carbonyl (C=O) groups is 1. The van der Waals surface area contributed by atoms with Crippen molar-refractivity contribution in [2.45, 2.75) is 0 Å². The molecule has 0 saturated heterocycles. The second kappa shape index (κ2) is 6.84. The van der Waals surface area contributed by atoms with Crippen LogP contribution in [0.15, 0.2) is 24.3 Å². The second-order valence-corrected chi connectivity index (χ2v) is 6.39. The Hall–Kier alpha value is -2.42. The number of carboxylic acids is 1. The number of hydrogen-bond donors (Lipinski definition) is 1. The van der Waals surface area contributed by atoms with Crippen LogP contribution in [0, 0.1) is 10.1 Å². The quantitative estimate of drug-likeness (QED) is 0.454. The van der Waals surface area contributed by atoms with Gasteiger partial charge in [-0.05, 0) is 17.7 Å². The third-order valence-corrected chi connectivity index (χ3v) is 3.22. The molecule has 0 heterocycles. The Morgan fingerprint density at radius 1 is 1.48 bits per heavy atom. The summed E-state index contributed by atoms with van der Waals surface area (Å²) >= 11 is 0. The molecule has 0 aliphatic rings. The highest BCUT2D eigenvalue weighted by Crippen LogP contribution is 2.28. The Morgan fingerprint density at radius 3 is 2.67 bits per heavy atom. The maximum atomic E-state index is 11.0. The number of rotatable bonds is 7. The van der Waals surface area contributed by atoms with E-state index in [0.29, 0.717) is 5.56 Å². The van der Waals surface area contributed by atoms with Crippen LogP contribution >= 0.6 is 0 Å². The standard InChI is InChI=1S/C12H13NO7S/c1-21(18,19)7-6-20-11-4-2-9(3-5-12(14)15)8-10(11)13(16)17/h2-5,8H,6-7H2,1H3,(H,14,15)/b5-3+. The van der Waals surface area contributed by atoms with E-state index in [-0.39, 0.29) is 23.8 Å². The Morgan fingerprint density at radius 2 is 2.14 bits per heavy atom. The third-order valence-electron chi connectivity index (χ3n) is 2.31. The molecule has 0 unspecified atom stereocenters. The molecule has 1 aromatic carbocycles. The normalized spacial score (nSPS) is 11.5. The lowest BCUT2D eigenvalue weighted by Gasteiger charge is -2.06. The minimum Gasteiger partial charge on any atom is -0.486 e. The zero-order chi connectivity index (χ0) is 16.0. The summed E-state index contributed by atoms with van der Waals surface area (Å²) in [7, 11) is -3.22. The molecule has 0 fully saturated rings. The van der Waals surface area contributed by atoms with Crippen LogP contribution in [0.3, 0.4) is 0 Å². The first-order valence-electron chi connectivity index (χ1n) is 5.69. The first-order chi connectivity index (χ1) is 9.69. The van der Waals surface area contributed by atoms with Gasteiger partial charge in [0.1, 0.15) is 6.61 Å². The summed E-state index contributed by atoms with van der Waals surface area (Å²) in [4.78, 5) is 20.6. The Bertz CT molecular complexity index is 679. The lowest BCUT2D eigenvalue weighted by molar-refractivity contribution is -0.385. The Kier molecular flexibility index (Phi) is 5.42. The van der Waals surface area contributed by atoms with E-state index in [0.717, 1.165) is 18.4 Å². The minimum atomic E-state index is -3.22. The van der Waals surface area contributed by atoms with E-state index >= 15 is 0 Å². The first-order valence-corrected chi connectivity index (χ1v) is 7.75. The first kappa shape index (κ1) is 16.6. The molecule has 21 heavy (non-hydrogen) atoms. The summed E-state index contributed by atoms with van der Waals surface area (Å²) in [5.74, 6) is -1.51. The molecule has 0 bridgehead atoms. The van der Waals surface area contributed by atoms with E-state index in [4.69, 9.17) is 9.84 Å². The maximum Gasteiger partial charge on any atom is 0.328 e. The fourth-order valence-corrected chi connectivity index (χ4v) is 1.76. The number of sulfone groups is 1. The average molecular weight is 315 g/mol. The molecule has 0 atom stereocenters. The second-order valence-electron chi connectivity index (χ2n) is 4.13. The smallest absolute Gasteiger partial charge is 0.328 e. The summed E-state index contributed by atoms with van der Waals surface area (Å²) < 4.78 is 27.0. The Balaban J connectivity index is 2.94. The summed E-state index contributed by atoms with van der Waals surface area (Å²) in [6.45, 7) is -0.204. The third kappa shape index (κ3) is 6.04. The summed E-state index contributed by atoms with van der Waals surface area (Å²) in [6, 6.07) is 3.87. The molecule has 8 nitrogen and oxygen atoms in total. The zero-order valence-corrected chi connectivity index (χ0v) is 11.9. The van der Waals surface area contributed by atoms with Crippen molar-refractivity contribution in [2.24, 2.45) is 0 Å². The van der Waals surface area contributed by atoms with E-state index in [2.05, 4.69) is 0 Å². The summed E-state index contributed by atoms with van der Waals surface area (Å²) in [5, 5.41) is 19.4. The van der Waals surface area contributed by atoms with Crippen LogP contribution < -0.4 is 4.74 Å². The van der Waals surface area contributed by atoms with Crippen molar-refractivity contribution < 1.29 is 28.0 Å². The van der Waals surface area contributed by atoms with Gasteiger partial charge in [0.25, 0.3) is 0 Å². The number of benzene rings is 1. The van der Waals surface area contributed by atoms with Crippen molar-refractivity contribution in [1.29, 1.82) is 0 Å². The number of nitrogens with zero attached hydrogens (tertiary/aromatic N) is 1. The van der Waals surface area contributed by atoms with Gasteiger partial charge in [0, 0.05) is 18.4 Å². The summed E-state index contributed by atoms with van der Waals surface area (Å²) in [5.41, 5.74) is -0.0457. The van der Waals surface area contributed by atoms with Crippen molar-refractivity contribution in [3.63, 3.8) is 0 Å². The largest absolute Gasteiger partial charge is 0.486 e. The van der Waals surface area contributed by atoms with Crippen molar-refractivity contribution in [3.05, 3.63) is 40.0 Å². The minimum absolute atomic E-state index is 0.0730. The number of ether oxygens (including phenoxy) is 1. The van der Waals surface area contributed by atoms with Crippen LogP contribution in [-0.2, 0) is 14.6 Å². The van der Waals surface area contributed by atoms with Gasteiger partial charge in [-0.2, -0.15) is 0 Å². The van der Waals surface area contributed by atoms with E-state index in [9.17, 15) is 23.3 Å². The molecule has 0 aliphatic heterocycles. The van der Waals surface area contributed by atoms with Crippen molar-refractivity contribution in [2.75, 3.05) is 18.6 Å². The predicted octanol–water partition coefficient (Wildman–Crippen LogP) is 1.12. The van der Waals surface area contributed by atoms with Crippen molar-refractivity contribution in [1.82, 2.24) is 0 Å². The van der Waals surface area contributed by atoms with E-state index in [1.165, 1.54) is 18.2 Å². The molecular formula is C12H13NO7S. The van der Waals surface area contributed by atoms with Crippen LogP contribution in [0.25, 0.3) is 6.08 Å². The SMILES string of the molecule is CS(=O)(=O)CCOc1ccc(/C=C/C(=O)O)cc1[N+](=O)[O-]. The van der Waals surface area contributed by atoms with Crippen LogP contribution in [0.5, 0.6) is 5.75 Å². The van der Waals surface area contributed by atoms with Crippen LogP contribution in [-0.4, -0.2) is 43.0 Å². The molecule has 0 radical (unpaired) electrons. The number of nitro benzene ring substituents is 1. The summed E-state index contributed by atoms with van der Waals surface area (Å²) in [6.07, 6.45) is 3.09. The van der Waals surface area contributed by atoms with Gasteiger partial charge < -0.3 is 9.84 Å². The highest BCUT2D eigenvalue weighted by molar-refractivity contribution is 7.90. The lowest BCUT2D eigenvalue weighted by Crippen LogP contribution is -2.12. The van der Waals surface area contributed by atoms with Gasteiger partial charge in [0.05, 0.1) is 10.7 Å². The van der Waals surface area contributed by atoms with Gasteiger partial charge in [0.15, 0.2) is 15.6 Å². The van der Waals surface area contributed by atoms with E-state index in [1.807, 2.05) is 0 Å². The fraction of sp³-hybridized carbons (Fsp3) is 0.250. The average Bonchev–Trinajstić information content (AvgIpc) is 2.35. The van der Waals surface area contributed by atoms with Gasteiger partial charge in [-0.1, -0.05) is 6.07 Å². The monoisotopic (exact) mass is 315 g/mol. The highest BCUT2D eigenvalue weighted by Gasteiger charge is 2.16. The number of aliphatic carboxylic acids is 1. The van der Waals surface area contributed by atoms with E-state index in [1.54, 1.807) is 0 Å². The molecule has 1 N–H and O–H groups in total. The predicted molar refractivity (Wildman–Crippen MR) is 75.0 cm³/mol. The molecule has 0 spiro atoms. The van der Waals surface area contributed by atoms with Crippen LogP contribution in [0.4, 0.5) is 5.69 Å². The molecule has 0 aliphatic carbocycles. The van der Waals surface area contributed by atoms with Gasteiger partial charge in [-0.15, -0.1) is 0 Å². The number of carboxylic acid groups (broad SMARTS) is 1. The molecule has 0 aromatic heterocycles. The molecule has 0 saturated carbocycles. The van der Waals surface area contributed by atoms with Crippen molar-refractivity contribution in [3.8, 4) is 5.75 Å². The topological polar surface area (TPSA) is 124 Å². The zero-order valence-electron chi connectivity index (χ0n) is 11.1. The maximum absolute atomic E-state index is 11.0. The molecule has 114 valence electrons. The van der Waals surface area contributed by atoms with Crippen LogP contribution in [0.1, 0.15) is 5.56 Å². The van der Waals surface area contributed by atoms with E-state index < -0.39 is 20.7 Å². The number of hydrogen-bond acceptors (Lipinski definition) is 6.